The summed E-state index contributed by atoms with van der Waals surface area (Å²) in [4.78, 5) is 12.5. The van der Waals surface area contributed by atoms with E-state index in [1.807, 2.05) is 24.3 Å². The van der Waals surface area contributed by atoms with E-state index in [2.05, 4.69) is 30.6 Å². The fourth-order valence-corrected chi connectivity index (χ4v) is 4.15. The van der Waals surface area contributed by atoms with Crippen LogP contribution in [0.5, 0.6) is 5.75 Å². The van der Waals surface area contributed by atoms with E-state index in [1.54, 1.807) is 19.1 Å². The second-order valence-corrected chi connectivity index (χ2v) is 8.48. The summed E-state index contributed by atoms with van der Waals surface area (Å²) in [6.45, 7) is 4.01. The third kappa shape index (κ3) is 7.00. The monoisotopic (exact) mass is 430 g/mol. The van der Waals surface area contributed by atoms with E-state index in [-0.39, 0.29) is 23.2 Å². The Bertz CT molecular complexity index is 1020. The number of hydrogen-bond acceptors (Lipinski definition) is 2. The lowest BCUT2D eigenvalue weighted by atomic mass is 9.80. The van der Waals surface area contributed by atoms with Crippen LogP contribution in [0.2, 0.25) is 0 Å². The summed E-state index contributed by atoms with van der Waals surface area (Å²) in [5.41, 5.74) is 1.97. The number of unbranched alkanes of at least 4 members (excludes halogenated alkanes) is 2. The van der Waals surface area contributed by atoms with Crippen molar-refractivity contribution in [3.63, 3.8) is 0 Å². The number of carbonyl (C=O) groups excluding carboxylic acids is 1. The second-order valence-electron chi connectivity index (χ2n) is 8.48. The molecule has 0 aliphatic heterocycles. The van der Waals surface area contributed by atoms with Gasteiger partial charge in [0.1, 0.15) is 11.6 Å². The molecule has 0 aromatic heterocycles. The molecule has 0 N–H and O–H groups in total. The molecule has 0 heterocycles. The minimum Gasteiger partial charge on any atom is -0.426 e. The van der Waals surface area contributed by atoms with Gasteiger partial charge in [0.2, 0.25) is 0 Å². The molecule has 1 aliphatic carbocycles. The normalized spacial score (nSPS) is 17.5. The molecule has 3 rings (SSSR count). The van der Waals surface area contributed by atoms with E-state index in [4.69, 9.17) is 4.74 Å². The number of halogens is 1. The smallest absolute Gasteiger partial charge is 0.314 e. The van der Waals surface area contributed by atoms with E-state index in [0.29, 0.717) is 0 Å². The summed E-state index contributed by atoms with van der Waals surface area (Å²) in [5.74, 6) is 11.8. The van der Waals surface area contributed by atoms with Gasteiger partial charge in [0.25, 0.3) is 0 Å². The van der Waals surface area contributed by atoms with E-state index in [0.717, 1.165) is 42.7 Å². The van der Waals surface area contributed by atoms with Crippen LogP contribution in [0.4, 0.5) is 4.39 Å². The third-order valence-electron chi connectivity index (χ3n) is 6.05. The largest absolute Gasteiger partial charge is 0.426 e. The van der Waals surface area contributed by atoms with E-state index >= 15 is 0 Å². The minimum atomic E-state index is -0.490. The van der Waals surface area contributed by atoms with Gasteiger partial charge in [-0.2, -0.15) is 0 Å². The van der Waals surface area contributed by atoms with Crippen molar-refractivity contribution in [2.45, 2.75) is 65.2 Å². The molecule has 0 unspecified atom stereocenters. The average Bonchev–Trinajstić information content (AvgIpc) is 2.80. The number of benzene rings is 2. The number of hydrogen-bond donors (Lipinski definition) is 0. The van der Waals surface area contributed by atoms with Crippen LogP contribution in [0.3, 0.4) is 0 Å². The SMILES string of the molecule is CC#Cc1ccc(C#Cc2ccc(OC(=O)[C@H]3CC[C@H](CCCCC)CC3)cc2F)cc1. The zero-order valence-corrected chi connectivity index (χ0v) is 19.0. The van der Waals surface area contributed by atoms with Crippen molar-refractivity contribution in [2.24, 2.45) is 11.8 Å². The van der Waals surface area contributed by atoms with E-state index in [9.17, 15) is 9.18 Å². The van der Waals surface area contributed by atoms with Crippen molar-refractivity contribution in [3.8, 4) is 29.4 Å². The summed E-state index contributed by atoms with van der Waals surface area (Å²) in [5, 5.41) is 0. The highest BCUT2D eigenvalue weighted by atomic mass is 19.1. The molecule has 0 atom stereocenters. The van der Waals surface area contributed by atoms with Crippen LogP contribution in [0.1, 0.15) is 81.9 Å². The van der Waals surface area contributed by atoms with Crippen LogP contribution in [-0.4, -0.2) is 5.97 Å². The molecule has 0 radical (unpaired) electrons. The number of rotatable bonds is 6. The first-order chi connectivity index (χ1) is 15.6. The maximum Gasteiger partial charge on any atom is 0.314 e. The maximum absolute atomic E-state index is 14.5. The van der Waals surface area contributed by atoms with Gasteiger partial charge < -0.3 is 4.74 Å². The lowest BCUT2D eigenvalue weighted by molar-refractivity contribution is -0.140. The van der Waals surface area contributed by atoms with Crippen LogP contribution in [0, 0.1) is 41.3 Å². The maximum atomic E-state index is 14.5. The zero-order valence-electron chi connectivity index (χ0n) is 19.0. The highest BCUT2D eigenvalue weighted by molar-refractivity contribution is 5.75. The fraction of sp³-hybridized carbons (Fsp3) is 0.414. The molecule has 2 aromatic rings. The van der Waals surface area contributed by atoms with Gasteiger partial charge in [-0.3, -0.25) is 4.79 Å². The standard InChI is InChI=1S/C29H31FO2/c1-3-5-6-8-23-14-17-26(18-15-23)29(31)32-27-20-19-25(28(30)21-27)16-13-24-11-9-22(7-4-2)10-12-24/h9-12,19-21,23,26H,3,5-6,8,14-15,17-18H2,1-2H3/t23-,26-. The Morgan fingerprint density at radius 1 is 0.969 bits per heavy atom. The number of carbonyl (C=O) groups is 1. The fourth-order valence-electron chi connectivity index (χ4n) is 4.15. The predicted molar refractivity (Wildman–Crippen MR) is 127 cm³/mol. The van der Waals surface area contributed by atoms with Gasteiger partial charge in [0.15, 0.2) is 0 Å². The summed E-state index contributed by atoms with van der Waals surface area (Å²) in [7, 11) is 0. The van der Waals surface area contributed by atoms with Crippen molar-refractivity contribution in [1.82, 2.24) is 0 Å². The number of ether oxygens (including phenoxy) is 1. The van der Waals surface area contributed by atoms with Crippen molar-refractivity contribution < 1.29 is 13.9 Å². The Morgan fingerprint density at radius 3 is 2.28 bits per heavy atom. The molecule has 0 bridgehead atoms. The minimum absolute atomic E-state index is 0.0830. The van der Waals surface area contributed by atoms with Crippen molar-refractivity contribution >= 4 is 5.97 Å². The topological polar surface area (TPSA) is 26.3 Å². The van der Waals surface area contributed by atoms with E-state index in [1.165, 1.54) is 31.7 Å². The molecule has 1 fully saturated rings. The van der Waals surface area contributed by atoms with Crippen LogP contribution < -0.4 is 4.74 Å². The van der Waals surface area contributed by atoms with Crippen LogP contribution in [0.15, 0.2) is 42.5 Å². The van der Waals surface area contributed by atoms with Gasteiger partial charge in [0.05, 0.1) is 11.5 Å². The Balaban J connectivity index is 1.54. The van der Waals surface area contributed by atoms with Gasteiger partial charge in [-0.15, -0.1) is 5.92 Å². The third-order valence-corrected chi connectivity index (χ3v) is 6.05. The summed E-state index contributed by atoms with van der Waals surface area (Å²) < 4.78 is 20.0. The highest BCUT2D eigenvalue weighted by Crippen LogP contribution is 2.33. The molecule has 0 spiro atoms. The Morgan fingerprint density at radius 2 is 1.66 bits per heavy atom. The Kier molecular flexibility index (Phi) is 8.94. The first-order valence-electron chi connectivity index (χ1n) is 11.6. The number of esters is 1. The predicted octanol–water partition coefficient (Wildman–Crippen LogP) is 6.89. The lowest BCUT2D eigenvalue weighted by Crippen LogP contribution is -2.25. The van der Waals surface area contributed by atoms with Crippen molar-refractivity contribution in [2.75, 3.05) is 0 Å². The first kappa shape index (κ1) is 23.6. The first-order valence-corrected chi connectivity index (χ1v) is 11.6. The van der Waals surface area contributed by atoms with Crippen molar-refractivity contribution in [1.29, 1.82) is 0 Å². The van der Waals surface area contributed by atoms with Crippen LogP contribution in [-0.2, 0) is 4.79 Å². The van der Waals surface area contributed by atoms with Crippen molar-refractivity contribution in [3.05, 3.63) is 65.0 Å². The average molecular weight is 431 g/mol. The lowest BCUT2D eigenvalue weighted by Gasteiger charge is -2.27. The Hall–Kier alpha value is -3.04. The Labute approximate surface area is 191 Å². The van der Waals surface area contributed by atoms with Crippen LogP contribution >= 0.6 is 0 Å². The highest BCUT2D eigenvalue weighted by Gasteiger charge is 2.27. The van der Waals surface area contributed by atoms with E-state index < -0.39 is 5.82 Å². The molecule has 2 nitrogen and oxygen atoms in total. The molecule has 3 heteroatoms. The molecular weight excluding hydrogens is 399 g/mol. The molecule has 0 saturated heterocycles. The second kappa shape index (κ2) is 12.1. The summed E-state index contributed by atoms with van der Waals surface area (Å²) >= 11 is 0. The molecule has 1 saturated carbocycles. The molecule has 1 aliphatic rings. The summed E-state index contributed by atoms with van der Waals surface area (Å²) in [6.07, 6.45) is 8.97. The molecular formula is C29H31FO2. The molecule has 32 heavy (non-hydrogen) atoms. The molecule has 0 amide bonds. The summed E-state index contributed by atoms with van der Waals surface area (Å²) in [6, 6.07) is 11.9. The van der Waals surface area contributed by atoms with Gasteiger partial charge >= 0.3 is 5.97 Å². The van der Waals surface area contributed by atoms with Gasteiger partial charge in [-0.25, -0.2) is 4.39 Å². The molecule has 166 valence electrons. The zero-order chi connectivity index (χ0) is 22.8. The van der Waals surface area contributed by atoms with Gasteiger partial charge in [-0.1, -0.05) is 50.4 Å². The van der Waals surface area contributed by atoms with Gasteiger partial charge in [-0.05, 0) is 74.9 Å². The van der Waals surface area contributed by atoms with Crippen LogP contribution in [0.25, 0.3) is 0 Å². The van der Waals surface area contributed by atoms with Gasteiger partial charge in [0, 0.05) is 17.2 Å². The molecule has 2 aromatic carbocycles. The quantitative estimate of drug-likeness (QED) is 0.216.